The average molecular weight is 623 g/mol. The largest absolute Gasteiger partial charge is 0.481 e. The molecule has 18 heteroatoms. The molecule has 0 rings (SSSR count). The highest BCUT2D eigenvalue weighted by molar-refractivity contribution is 7.80. The van der Waals surface area contributed by atoms with E-state index >= 15 is 0 Å². The number of nitrogens with two attached hydrogens (primary N) is 3. The smallest absolute Gasteiger partial charge is 0.327 e. The molecule has 0 heterocycles. The van der Waals surface area contributed by atoms with Crippen molar-refractivity contribution in [2.24, 2.45) is 28.1 Å². The summed E-state index contributed by atoms with van der Waals surface area (Å²) in [7, 11) is 0. The number of carboxylic acid groups (broad SMARTS) is 2. The van der Waals surface area contributed by atoms with E-state index in [-0.39, 0.29) is 49.2 Å². The van der Waals surface area contributed by atoms with Crippen LogP contribution in [0.2, 0.25) is 0 Å². The molecular formula is C23H42N8O8S2. The number of carbonyl (C=O) groups excluding carboxylic acids is 4. The number of aliphatic imine (C=N–C) groups is 1. The summed E-state index contributed by atoms with van der Waals surface area (Å²) in [5.74, 6) is -6.52. The molecule has 0 saturated heterocycles. The minimum Gasteiger partial charge on any atom is -0.481 e. The molecule has 6 atom stereocenters. The van der Waals surface area contributed by atoms with Gasteiger partial charge in [-0.2, -0.15) is 25.3 Å². The van der Waals surface area contributed by atoms with Crippen LogP contribution in [0.5, 0.6) is 0 Å². The Kier molecular flexibility index (Phi) is 18.2. The molecule has 0 radical (unpaired) electrons. The number of guanidine groups is 1. The molecule has 0 saturated carbocycles. The van der Waals surface area contributed by atoms with E-state index in [9.17, 15) is 33.9 Å². The first-order valence-electron chi connectivity index (χ1n) is 12.9. The number of hydrogen-bond acceptors (Lipinski definition) is 10. The topological polar surface area (TPSA) is 281 Å². The molecule has 234 valence electrons. The van der Waals surface area contributed by atoms with Crippen LogP contribution in [0.15, 0.2) is 4.99 Å². The maximum atomic E-state index is 13.3. The second kappa shape index (κ2) is 19.8. The fourth-order valence-electron chi connectivity index (χ4n) is 3.35. The number of hydrogen-bond donors (Lipinski definition) is 11. The van der Waals surface area contributed by atoms with Crippen LogP contribution in [0, 0.1) is 5.92 Å². The second-order valence-electron chi connectivity index (χ2n) is 9.25. The Labute approximate surface area is 249 Å². The van der Waals surface area contributed by atoms with Gasteiger partial charge in [0.1, 0.15) is 24.2 Å². The van der Waals surface area contributed by atoms with Gasteiger partial charge in [0.15, 0.2) is 5.96 Å². The SMILES string of the molecule is CC[C@H](C)[C@H](NC(=O)[C@@H](N)CS)C(=O)N[C@@H](CCCN=C(N)N)C(=O)N[C@@H](CCC(=O)O)C(=O)N[C@@H](CS)C(=O)O. The molecule has 0 aliphatic heterocycles. The number of rotatable bonds is 20. The Morgan fingerprint density at radius 2 is 1.34 bits per heavy atom. The molecule has 0 aliphatic carbocycles. The first kappa shape index (κ1) is 37.8. The van der Waals surface area contributed by atoms with Gasteiger partial charge in [0, 0.05) is 24.5 Å². The lowest BCUT2D eigenvalue weighted by Crippen LogP contribution is -2.59. The average Bonchev–Trinajstić information content (AvgIpc) is 2.92. The molecule has 0 aromatic carbocycles. The zero-order valence-corrected chi connectivity index (χ0v) is 24.8. The minimum atomic E-state index is -1.45. The molecule has 16 nitrogen and oxygen atoms in total. The van der Waals surface area contributed by atoms with Gasteiger partial charge in [-0.3, -0.25) is 29.0 Å². The van der Waals surface area contributed by atoms with E-state index in [1.54, 1.807) is 13.8 Å². The second-order valence-corrected chi connectivity index (χ2v) is 9.98. The Hall–Kier alpha value is -3.25. The van der Waals surface area contributed by atoms with E-state index in [4.69, 9.17) is 22.3 Å². The van der Waals surface area contributed by atoms with Gasteiger partial charge in [-0.05, 0) is 25.2 Å². The van der Waals surface area contributed by atoms with Gasteiger partial charge in [-0.1, -0.05) is 20.3 Å². The fraction of sp³-hybridized carbons (Fsp3) is 0.696. The molecule has 0 spiro atoms. The monoisotopic (exact) mass is 622 g/mol. The number of aliphatic carboxylic acids is 2. The summed E-state index contributed by atoms with van der Waals surface area (Å²) in [5.41, 5.74) is 16.4. The Morgan fingerprint density at radius 3 is 1.80 bits per heavy atom. The van der Waals surface area contributed by atoms with Crippen molar-refractivity contribution in [2.75, 3.05) is 18.1 Å². The standard InChI is InChI=1S/C23H42N8O8S2/c1-3-11(2)17(31-18(34)12(24)9-40)21(37)29-13(5-4-8-27-23(25)26)19(35)28-14(6-7-16(32)33)20(36)30-15(10-41)22(38)39/h11-15,17,40-41H,3-10,24H2,1-2H3,(H,28,35)(H,29,37)(H,30,36)(H,31,34)(H,32,33)(H,38,39)(H4,25,26,27)/t11-,12-,13-,14-,15-,17-/m0/s1. The van der Waals surface area contributed by atoms with Crippen LogP contribution in [0.3, 0.4) is 0 Å². The minimum absolute atomic E-state index is 0.00661. The van der Waals surface area contributed by atoms with Crippen LogP contribution >= 0.6 is 25.3 Å². The predicted octanol–water partition coefficient (Wildman–Crippen LogP) is -2.84. The third-order valence-electron chi connectivity index (χ3n) is 5.98. The number of amides is 4. The van der Waals surface area contributed by atoms with Crippen LogP contribution in [0.1, 0.15) is 46.0 Å². The van der Waals surface area contributed by atoms with Gasteiger partial charge in [0.05, 0.1) is 6.04 Å². The molecule has 0 bridgehead atoms. The van der Waals surface area contributed by atoms with Crippen LogP contribution in [-0.2, 0) is 28.8 Å². The Morgan fingerprint density at radius 1 is 0.805 bits per heavy atom. The van der Waals surface area contributed by atoms with Crippen LogP contribution in [0.4, 0.5) is 0 Å². The summed E-state index contributed by atoms with van der Waals surface area (Å²) < 4.78 is 0. The molecule has 0 aromatic heterocycles. The van der Waals surface area contributed by atoms with Crippen LogP contribution in [-0.4, -0.2) is 100.0 Å². The molecule has 0 unspecified atom stereocenters. The summed E-state index contributed by atoms with van der Waals surface area (Å²) >= 11 is 7.87. The molecule has 4 amide bonds. The lowest BCUT2D eigenvalue weighted by Gasteiger charge is -2.28. The summed E-state index contributed by atoms with van der Waals surface area (Å²) in [6, 6.07) is -6.15. The summed E-state index contributed by atoms with van der Waals surface area (Å²) in [6.07, 6.45) is -0.190. The maximum absolute atomic E-state index is 13.3. The lowest BCUT2D eigenvalue weighted by molar-refractivity contribution is -0.142. The lowest BCUT2D eigenvalue weighted by atomic mass is 9.97. The molecule has 0 aliphatic rings. The third-order valence-corrected chi connectivity index (χ3v) is 6.74. The highest BCUT2D eigenvalue weighted by atomic mass is 32.1. The summed E-state index contributed by atoms with van der Waals surface area (Å²) in [6.45, 7) is 3.63. The van der Waals surface area contributed by atoms with E-state index < -0.39 is 72.2 Å². The molecule has 41 heavy (non-hydrogen) atoms. The van der Waals surface area contributed by atoms with Gasteiger partial charge < -0.3 is 48.7 Å². The number of carboxylic acids is 2. The number of thiol groups is 2. The predicted molar refractivity (Wildman–Crippen MR) is 157 cm³/mol. The van der Waals surface area contributed by atoms with Crippen molar-refractivity contribution in [3.05, 3.63) is 0 Å². The maximum Gasteiger partial charge on any atom is 0.327 e. The van der Waals surface area contributed by atoms with Crippen molar-refractivity contribution in [3.8, 4) is 0 Å². The summed E-state index contributed by atoms with van der Waals surface area (Å²) in [5, 5.41) is 28.0. The number of nitrogens with zero attached hydrogens (tertiary/aromatic N) is 1. The number of carbonyl (C=O) groups is 6. The van der Waals surface area contributed by atoms with Crippen molar-refractivity contribution in [1.29, 1.82) is 0 Å². The van der Waals surface area contributed by atoms with E-state index in [0.717, 1.165) is 0 Å². The first-order valence-corrected chi connectivity index (χ1v) is 14.1. The van der Waals surface area contributed by atoms with Gasteiger partial charge in [0.25, 0.3) is 0 Å². The zero-order valence-electron chi connectivity index (χ0n) is 23.0. The van der Waals surface area contributed by atoms with Crippen molar-refractivity contribution < 1.29 is 39.0 Å². The molecule has 0 aromatic rings. The number of nitrogens with one attached hydrogen (secondary N) is 4. The zero-order chi connectivity index (χ0) is 31.7. The highest BCUT2D eigenvalue weighted by Crippen LogP contribution is 2.11. The van der Waals surface area contributed by atoms with E-state index in [1.807, 2.05) is 0 Å². The van der Waals surface area contributed by atoms with E-state index in [0.29, 0.717) is 6.42 Å². The quantitative estimate of drug-likeness (QED) is 0.0285. The third kappa shape index (κ3) is 14.8. The van der Waals surface area contributed by atoms with Gasteiger partial charge in [0.2, 0.25) is 23.6 Å². The Balaban J connectivity index is 6.02. The fourth-order valence-corrected chi connectivity index (χ4v) is 3.76. The highest BCUT2D eigenvalue weighted by Gasteiger charge is 2.33. The normalized spacial score (nSPS) is 15.1. The Bertz CT molecular complexity index is 951. The van der Waals surface area contributed by atoms with Crippen molar-refractivity contribution >= 4 is 66.8 Å². The first-order chi connectivity index (χ1) is 19.2. The van der Waals surface area contributed by atoms with Crippen molar-refractivity contribution in [1.82, 2.24) is 21.3 Å². The molecule has 12 N–H and O–H groups in total. The van der Waals surface area contributed by atoms with Crippen molar-refractivity contribution in [3.63, 3.8) is 0 Å². The van der Waals surface area contributed by atoms with Crippen LogP contribution < -0.4 is 38.5 Å². The van der Waals surface area contributed by atoms with Crippen LogP contribution in [0.25, 0.3) is 0 Å². The molecule has 0 fully saturated rings. The van der Waals surface area contributed by atoms with Gasteiger partial charge in [-0.25, -0.2) is 4.79 Å². The molecular weight excluding hydrogens is 580 g/mol. The van der Waals surface area contributed by atoms with E-state index in [1.165, 1.54) is 0 Å². The summed E-state index contributed by atoms with van der Waals surface area (Å²) in [4.78, 5) is 78.0. The van der Waals surface area contributed by atoms with Gasteiger partial charge >= 0.3 is 11.9 Å². The van der Waals surface area contributed by atoms with Crippen molar-refractivity contribution in [2.45, 2.75) is 76.2 Å². The van der Waals surface area contributed by atoms with Gasteiger partial charge in [-0.15, -0.1) is 0 Å². The van der Waals surface area contributed by atoms with E-state index in [2.05, 4.69) is 51.5 Å².